The van der Waals surface area contributed by atoms with E-state index < -0.39 is 11.6 Å². The molecule has 0 fully saturated rings. The SMILES string of the molecule is N#Cc1ccc(F)cc1COc1c(F)cccc1CCl. The summed E-state index contributed by atoms with van der Waals surface area (Å²) in [6, 6.07) is 10.1. The fourth-order valence-electron chi connectivity index (χ4n) is 1.76. The molecular formula is C15H10ClF2NO. The lowest BCUT2D eigenvalue weighted by molar-refractivity contribution is 0.287. The van der Waals surface area contributed by atoms with Gasteiger partial charge in [0.25, 0.3) is 0 Å². The molecule has 102 valence electrons. The fraction of sp³-hybridized carbons (Fsp3) is 0.133. The summed E-state index contributed by atoms with van der Waals surface area (Å²) in [5, 5.41) is 8.94. The topological polar surface area (TPSA) is 33.0 Å². The summed E-state index contributed by atoms with van der Waals surface area (Å²) in [6.07, 6.45) is 0. The second kappa shape index (κ2) is 6.36. The van der Waals surface area contributed by atoms with Gasteiger partial charge < -0.3 is 4.74 Å². The van der Waals surface area contributed by atoms with Crippen LogP contribution < -0.4 is 4.74 Å². The van der Waals surface area contributed by atoms with Crippen molar-refractivity contribution in [3.05, 3.63) is 64.7 Å². The highest BCUT2D eigenvalue weighted by molar-refractivity contribution is 6.17. The molecule has 0 atom stereocenters. The summed E-state index contributed by atoms with van der Waals surface area (Å²) in [4.78, 5) is 0. The monoisotopic (exact) mass is 293 g/mol. The highest BCUT2D eigenvalue weighted by atomic mass is 35.5. The Morgan fingerprint density at radius 3 is 2.65 bits per heavy atom. The molecule has 0 saturated carbocycles. The van der Waals surface area contributed by atoms with Crippen LogP contribution in [0.15, 0.2) is 36.4 Å². The van der Waals surface area contributed by atoms with Crippen LogP contribution in [0.3, 0.4) is 0 Å². The Morgan fingerprint density at radius 1 is 1.15 bits per heavy atom. The first-order chi connectivity index (χ1) is 9.65. The zero-order chi connectivity index (χ0) is 14.5. The minimum Gasteiger partial charge on any atom is -0.485 e. The Morgan fingerprint density at radius 2 is 1.95 bits per heavy atom. The molecule has 0 aromatic heterocycles. The molecule has 0 radical (unpaired) electrons. The summed E-state index contributed by atoms with van der Waals surface area (Å²) >= 11 is 5.71. The maximum Gasteiger partial charge on any atom is 0.165 e. The van der Waals surface area contributed by atoms with E-state index in [-0.39, 0.29) is 23.8 Å². The van der Waals surface area contributed by atoms with Crippen molar-refractivity contribution in [3.63, 3.8) is 0 Å². The van der Waals surface area contributed by atoms with Gasteiger partial charge in [-0.25, -0.2) is 8.78 Å². The molecule has 2 rings (SSSR count). The van der Waals surface area contributed by atoms with E-state index in [0.717, 1.165) is 0 Å². The minimum absolute atomic E-state index is 0.0238. The van der Waals surface area contributed by atoms with Gasteiger partial charge in [-0.15, -0.1) is 11.6 Å². The standard InChI is InChI=1S/C15H10ClF2NO/c16-7-10-2-1-3-14(18)15(10)20-9-12-6-13(17)5-4-11(12)8-19/h1-6H,7,9H2. The molecular weight excluding hydrogens is 284 g/mol. The van der Waals surface area contributed by atoms with Gasteiger partial charge in [0, 0.05) is 11.1 Å². The Balaban J connectivity index is 2.26. The van der Waals surface area contributed by atoms with Gasteiger partial charge in [-0.1, -0.05) is 12.1 Å². The van der Waals surface area contributed by atoms with Crippen molar-refractivity contribution in [2.24, 2.45) is 0 Å². The summed E-state index contributed by atoms with van der Waals surface area (Å²) in [7, 11) is 0. The third-order valence-electron chi connectivity index (χ3n) is 2.75. The molecule has 0 aliphatic rings. The molecule has 0 aliphatic carbocycles. The number of para-hydroxylation sites is 1. The Labute approximate surface area is 120 Å². The third-order valence-corrected chi connectivity index (χ3v) is 3.04. The summed E-state index contributed by atoms with van der Waals surface area (Å²) in [5.74, 6) is -0.899. The summed E-state index contributed by atoms with van der Waals surface area (Å²) in [6.45, 7) is -0.106. The molecule has 2 aromatic rings. The van der Waals surface area contributed by atoms with E-state index in [1.807, 2.05) is 6.07 Å². The van der Waals surface area contributed by atoms with E-state index in [1.54, 1.807) is 6.07 Å². The first kappa shape index (κ1) is 14.3. The minimum atomic E-state index is -0.543. The number of ether oxygens (including phenoxy) is 1. The number of nitriles is 1. The first-order valence-corrected chi connectivity index (χ1v) is 6.34. The van der Waals surface area contributed by atoms with Crippen LogP contribution in [0.5, 0.6) is 5.75 Å². The van der Waals surface area contributed by atoms with Crippen molar-refractivity contribution < 1.29 is 13.5 Å². The maximum absolute atomic E-state index is 13.7. The van der Waals surface area contributed by atoms with Crippen LogP contribution in [-0.4, -0.2) is 0 Å². The van der Waals surface area contributed by atoms with Gasteiger partial charge in [-0.2, -0.15) is 5.26 Å². The van der Waals surface area contributed by atoms with Gasteiger partial charge in [0.15, 0.2) is 11.6 Å². The quantitative estimate of drug-likeness (QED) is 0.793. The third kappa shape index (κ3) is 3.06. The number of benzene rings is 2. The largest absolute Gasteiger partial charge is 0.485 e. The summed E-state index contributed by atoms with van der Waals surface area (Å²) < 4.78 is 32.2. The number of alkyl halides is 1. The molecule has 5 heteroatoms. The summed E-state index contributed by atoms with van der Waals surface area (Å²) in [5.41, 5.74) is 1.15. The highest BCUT2D eigenvalue weighted by Gasteiger charge is 2.11. The molecule has 0 unspecified atom stereocenters. The van der Waals surface area contributed by atoms with Crippen LogP contribution in [0.1, 0.15) is 16.7 Å². The van der Waals surface area contributed by atoms with Crippen molar-refractivity contribution in [3.8, 4) is 11.8 Å². The smallest absolute Gasteiger partial charge is 0.165 e. The van der Waals surface area contributed by atoms with E-state index in [4.69, 9.17) is 21.6 Å². The molecule has 0 saturated heterocycles. The van der Waals surface area contributed by atoms with Crippen molar-refractivity contribution in [1.82, 2.24) is 0 Å². The van der Waals surface area contributed by atoms with E-state index in [2.05, 4.69) is 0 Å². The average molecular weight is 294 g/mol. The van der Waals surface area contributed by atoms with Gasteiger partial charge in [-0.3, -0.25) is 0 Å². The number of nitrogens with zero attached hydrogens (tertiary/aromatic N) is 1. The fourth-order valence-corrected chi connectivity index (χ4v) is 1.97. The maximum atomic E-state index is 13.7. The normalized spacial score (nSPS) is 10.1. The molecule has 0 amide bonds. The zero-order valence-corrected chi connectivity index (χ0v) is 11.1. The second-order valence-electron chi connectivity index (χ2n) is 4.06. The molecule has 0 bridgehead atoms. The Kier molecular flexibility index (Phi) is 4.54. The van der Waals surface area contributed by atoms with Gasteiger partial charge >= 0.3 is 0 Å². The predicted molar refractivity (Wildman–Crippen MR) is 71.4 cm³/mol. The highest BCUT2D eigenvalue weighted by Crippen LogP contribution is 2.25. The lowest BCUT2D eigenvalue weighted by Gasteiger charge is -2.11. The van der Waals surface area contributed by atoms with Crippen LogP contribution in [-0.2, 0) is 12.5 Å². The molecule has 0 heterocycles. The van der Waals surface area contributed by atoms with Crippen LogP contribution in [0, 0.1) is 23.0 Å². The van der Waals surface area contributed by atoms with E-state index in [1.165, 1.54) is 30.3 Å². The van der Waals surface area contributed by atoms with E-state index >= 15 is 0 Å². The van der Waals surface area contributed by atoms with Crippen LogP contribution in [0.2, 0.25) is 0 Å². The molecule has 2 aromatic carbocycles. The van der Waals surface area contributed by atoms with Gasteiger partial charge in [-0.05, 0) is 24.3 Å². The van der Waals surface area contributed by atoms with Crippen LogP contribution in [0.25, 0.3) is 0 Å². The van der Waals surface area contributed by atoms with Crippen molar-refractivity contribution in [2.75, 3.05) is 0 Å². The molecule has 0 aliphatic heterocycles. The number of hydrogen-bond donors (Lipinski definition) is 0. The lowest BCUT2D eigenvalue weighted by atomic mass is 10.1. The number of hydrogen-bond acceptors (Lipinski definition) is 2. The molecule has 2 nitrogen and oxygen atoms in total. The van der Waals surface area contributed by atoms with E-state index in [9.17, 15) is 8.78 Å². The number of halogens is 3. The second-order valence-corrected chi connectivity index (χ2v) is 4.33. The average Bonchev–Trinajstić information content (AvgIpc) is 2.46. The Bertz CT molecular complexity index is 667. The van der Waals surface area contributed by atoms with Crippen LogP contribution >= 0.6 is 11.6 Å². The lowest BCUT2D eigenvalue weighted by Crippen LogP contribution is -2.02. The molecule has 0 spiro atoms. The molecule has 0 N–H and O–H groups in total. The predicted octanol–water partition coefficient (Wildman–Crippen LogP) is 4.15. The van der Waals surface area contributed by atoms with E-state index in [0.29, 0.717) is 11.1 Å². The first-order valence-electron chi connectivity index (χ1n) is 5.80. The van der Waals surface area contributed by atoms with Crippen molar-refractivity contribution in [2.45, 2.75) is 12.5 Å². The Hall–Kier alpha value is -2.12. The van der Waals surface area contributed by atoms with Gasteiger partial charge in [0.1, 0.15) is 12.4 Å². The van der Waals surface area contributed by atoms with Crippen molar-refractivity contribution in [1.29, 1.82) is 5.26 Å². The zero-order valence-electron chi connectivity index (χ0n) is 10.4. The van der Waals surface area contributed by atoms with Gasteiger partial charge in [0.05, 0.1) is 17.5 Å². The molecule has 20 heavy (non-hydrogen) atoms. The van der Waals surface area contributed by atoms with Crippen LogP contribution in [0.4, 0.5) is 8.78 Å². The van der Waals surface area contributed by atoms with Crippen molar-refractivity contribution >= 4 is 11.6 Å². The van der Waals surface area contributed by atoms with Gasteiger partial charge in [0.2, 0.25) is 0 Å². The number of rotatable bonds is 4.